The molecule has 0 unspecified atom stereocenters. The standard InChI is InChI=1S/C24H17F3N6O5/c25-24(26,27)38-15-3-1-2-13(8-15)11-29-22(35)18-10-17(31-20-6-7-30-33(18)20)21(34)28-12-14-4-5-19-16(9-14)32-23(36)37-19/h1-10H,11-12H2,(H,28,34)(H,29,35)(H,32,36). The van der Waals surface area contributed by atoms with E-state index in [0.717, 1.165) is 12.1 Å². The number of benzene rings is 2. The van der Waals surface area contributed by atoms with Crippen molar-refractivity contribution in [1.82, 2.24) is 30.2 Å². The minimum absolute atomic E-state index is 0.00904. The first-order chi connectivity index (χ1) is 18.1. The van der Waals surface area contributed by atoms with Crippen molar-refractivity contribution in [2.45, 2.75) is 19.5 Å². The number of ether oxygens (including phenoxy) is 1. The van der Waals surface area contributed by atoms with Gasteiger partial charge in [-0.2, -0.15) is 5.10 Å². The Hall–Kier alpha value is -5.14. The lowest BCUT2D eigenvalue weighted by atomic mass is 10.2. The number of alkyl halides is 3. The second kappa shape index (κ2) is 9.72. The smallest absolute Gasteiger partial charge is 0.408 e. The van der Waals surface area contributed by atoms with Gasteiger partial charge in [0.1, 0.15) is 17.1 Å². The predicted molar refractivity (Wildman–Crippen MR) is 125 cm³/mol. The molecular formula is C24H17F3N6O5. The highest BCUT2D eigenvalue weighted by molar-refractivity contribution is 5.98. The monoisotopic (exact) mass is 526 g/mol. The quantitative estimate of drug-likeness (QED) is 0.296. The van der Waals surface area contributed by atoms with E-state index < -0.39 is 29.7 Å². The van der Waals surface area contributed by atoms with Crippen molar-refractivity contribution in [1.29, 1.82) is 0 Å². The van der Waals surface area contributed by atoms with Crippen molar-refractivity contribution < 1.29 is 31.9 Å². The summed E-state index contributed by atoms with van der Waals surface area (Å²) >= 11 is 0. The highest BCUT2D eigenvalue weighted by Gasteiger charge is 2.31. The zero-order chi connectivity index (χ0) is 26.9. The molecule has 3 aromatic heterocycles. The molecule has 11 nitrogen and oxygen atoms in total. The normalized spacial score (nSPS) is 11.6. The molecule has 5 aromatic rings. The number of H-pyrrole nitrogens is 1. The Morgan fingerprint density at radius 3 is 2.55 bits per heavy atom. The molecule has 0 atom stereocenters. The van der Waals surface area contributed by atoms with Crippen molar-refractivity contribution in [3.05, 3.63) is 93.9 Å². The maximum atomic E-state index is 12.9. The van der Waals surface area contributed by atoms with Crippen LogP contribution < -0.4 is 21.1 Å². The second-order valence-electron chi connectivity index (χ2n) is 8.03. The lowest BCUT2D eigenvalue weighted by molar-refractivity contribution is -0.274. The first-order valence-electron chi connectivity index (χ1n) is 11.0. The van der Waals surface area contributed by atoms with Crippen LogP contribution in [0.3, 0.4) is 0 Å². The third kappa shape index (κ3) is 5.48. The summed E-state index contributed by atoms with van der Waals surface area (Å²) in [5.74, 6) is -2.21. The van der Waals surface area contributed by atoms with Crippen LogP contribution in [0.25, 0.3) is 16.7 Å². The molecule has 0 aliphatic heterocycles. The van der Waals surface area contributed by atoms with Crippen LogP contribution in [0.5, 0.6) is 5.75 Å². The van der Waals surface area contributed by atoms with Gasteiger partial charge in [0.25, 0.3) is 11.8 Å². The van der Waals surface area contributed by atoms with Crippen molar-refractivity contribution in [2.75, 3.05) is 0 Å². The van der Waals surface area contributed by atoms with E-state index in [9.17, 15) is 27.6 Å². The van der Waals surface area contributed by atoms with Crippen molar-refractivity contribution >= 4 is 28.6 Å². The molecule has 3 heterocycles. The average Bonchev–Trinajstić information content (AvgIpc) is 3.49. The average molecular weight is 526 g/mol. The van der Waals surface area contributed by atoms with E-state index in [2.05, 4.69) is 30.4 Å². The molecule has 0 aliphatic carbocycles. The number of halogens is 3. The van der Waals surface area contributed by atoms with E-state index in [-0.39, 0.29) is 30.1 Å². The fraction of sp³-hybridized carbons (Fsp3) is 0.125. The molecule has 2 amide bonds. The Labute approximate surface area is 210 Å². The Morgan fingerprint density at radius 2 is 1.76 bits per heavy atom. The van der Waals surface area contributed by atoms with Gasteiger partial charge in [0.05, 0.1) is 11.7 Å². The van der Waals surface area contributed by atoms with E-state index in [1.807, 2.05) is 0 Å². The number of hydrogen-bond donors (Lipinski definition) is 3. The van der Waals surface area contributed by atoms with Gasteiger partial charge >= 0.3 is 12.1 Å². The fourth-order valence-electron chi connectivity index (χ4n) is 3.70. The highest BCUT2D eigenvalue weighted by Crippen LogP contribution is 2.23. The molecule has 0 bridgehead atoms. The molecule has 0 fully saturated rings. The summed E-state index contributed by atoms with van der Waals surface area (Å²) in [7, 11) is 0. The molecule has 2 aromatic carbocycles. The van der Waals surface area contributed by atoms with Gasteiger partial charge in [-0.15, -0.1) is 13.2 Å². The molecule has 0 spiro atoms. The number of fused-ring (bicyclic) bond motifs is 2. The van der Waals surface area contributed by atoms with E-state index in [4.69, 9.17) is 4.42 Å². The largest absolute Gasteiger partial charge is 0.573 e. The zero-order valence-electron chi connectivity index (χ0n) is 19.2. The van der Waals surface area contributed by atoms with Crippen LogP contribution in [-0.4, -0.2) is 37.8 Å². The molecular weight excluding hydrogens is 509 g/mol. The third-order valence-corrected chi connectivity index (χ3v) is 5.35. The Bertz CT molecular complexity index is 1720. The number of nitrogens with one attached hydrogen (secondary N) is 3. The Kier molecular flexibility index (Phi) is 6.28. The summed E-state index contributed by atoms with van der Waals surface area (Å²) in [5, 5.41) is 9.35. The summed E-state index contributed by atoms with van der Waals surface area (Å²) in [6.07, 6.45) is -3.44. The summed E-state index contributed by atoms with van der Waals surface area (Å²) in [4.78, 5) is 43.9. The fourth-order valence-corrected chi connectivity index (χ4v) is 3.70. The number of amides is 2. The molecule has 0 aliphatic rings. The molecule has 5 rings (SSSR count). The van der Waals surface area contributed by atoms with Gasteiger partial charge in [0.15, 0.2) is 11.2 Å². The number of aromatic nitrogens is 4. The molecule has 0 radical (unpaired) electrons. The van der Waals surface area contributed by atoms with Gasteiger partial charge < -0.3 is 19.8 Å². The van der Waals surface area contributed by atoms with Crippen molar-refractivity contribution in [2.24, 2.45) is 0 Å². The zero-order valence-corrected chi connectivity index (χ0v) is 19.2. The van der Waals surface area contributed by atoms with Gasteiger partial charge in [0.2, 0.25) is 0 Å². The van der Waals surface area contributed by atoms with E-state index in [0.29, 0.717) is 22.2 Å². The minimum Gasteiger partial charge on any atom is -0.408 e. The lowest BCUT2D eigenvalue weighted by Gasteiger charge is -2.11. The Balaban J connectivity index is 1.30. The first kappa shape index (κ1) is 24.5. The number of carbonyl (C=O) groups excluding carboxylic acids is 2. The van der Waals surface area contributed by atoms with Gasteiger partial charge in [-0.05, 0) is 35.4 Å². The van der Waals surface area contributed by atoms with E-state index in [1.165, 1.54) is 35.0 Å². The van der Waals surface area contributed by atoms with Gasteiger partial charge in [-0.25, -0.2) is 14.3 Å². The molecule has 14 heteroatoms. The van der Waals surface area contributed by atoms with Crippen LogP contribution in [0.2, 0.25) is 0 Å². The highest BCUT2D eigenvalue weighted by atomic mass is 19.4. The number of carbonyl (C=O) groups is 2. The molecule has 0 saturated heterocycles. The summed E-state index contributed by atoms with van der Waals surface area (Å²) in [6.45, 7) is -0.00887. The Morgan fingerprint density at radius 1 is 1.00 bits per heavy atom. The minimum atomic E-state index is -4.84. The van der Waals surface area contributed by atoms with Gasteiger partial charge in [-0.3, -0.25) is 14.6 Å². The number of nitrogens with zero attached hydrogens (tertiary/aromatic N) is 3. The second-order valence-corrected chi connectivity index (χ2v) is 8.03. The first-order valence-corrected chi connectivity index (χ1v) is 11.0. The number of hydrogen-bond acceptors (Lipinski definition) is 7. The predicted octanol–water partition coefficient (Wildman–Crippen LogP) is 2.92. The van der Waals surface area contributed by atoms with Crippen LogP contribution in [0.1, 0.15) is 32.1 Å². The van der Waals surface area contributed by atoms with Gasteiger partial charge in [0, 0.05) is 25.2 Å². The van der Waals surface area contributed by atoms with Crippen molar-refractivity contribution in [3.8, 4) is 5.75 Å². The lowest BCUT2D eigenvalue weighted by Crippen LogP contribution is -2.28. The van der Waals surface area contributed by atoms with Crippen LogP contribution in [0.15, 0.2) is 70.0 Å². The van der Waals surface area contributed by atoms with Crippen LogP contribution in [0.4, 0.5) is 13.2 Å². The van der Waals surface area contributed by atoms with E-state index >= 15 is 0 Å². The summed E-state index contributed by atoms with van der Waals surface area (Å²) < 4.78 is 47.5. The van der Waals surface area contributed by atoms with Crippen LogP contribution in [0, 0.1) is 0 Å². The topological polar surface area (TPSA) is 144 Å². The molecule has 38 heavy (non-hydrogen) atoms. The summed E-state index contributed by atoms with van der Waals surface area (Å²) in [5.41, 5.74) is 2.08. The summed E-state index contributed by atoms with van der Waals surface area (Å²) in [6, 6.07) is 12.9. The number of rotatable bonds is 7. The number of oxazole rings is 1. The van der Waals surface area contributed by atoms with Gasteiger partial charge in [-0.1, -0.05) is 18.2 Å². The molecule has 3 N–H and O–H groups in total. The van der Waals surface area contributed by atoms with Crippen molar-refractivity contribution in [3.63, 3.8) is 0 Å². The van der Waals surface area contributed by atoms with Crippen LogP contribution >= 0.6 is 0 Å². The third-order valence-electron chi connectivity index (χ3n) is 5.35. The molecule has 0 saturated carbocycles. The van der Waals surface area contributed by atoms with Crippen LogP contribution in [-0.2, 0) is 13.1 Å². The molecule has 194 valence electrons. The van der Waals surface area contributed by atoms with E-state index in [1.54, 1.807) is 18.2 Å². The number of aromatic amines is 1. The maximum absolute atomic E-state index is 12.9. The SMILES string of the molecule is O=C(NCc1ccc2oc(=O)[nH]c2c1)c1cc(C(=O)NCc2cccc(OC(F)(F)F)c2)n2nccc2n1. The maximum Gasteiger partial charge on any atom is 0.573 e.